The summed E-state index contributed by atoms with van der Waals surface area (Å²) in [6.07, 6.45) is 0.351. The first-order chi connectivity index (χ1) is 9.47. The van der Waals surface area contributed by atoms with Crippen molar-refractivity contribution in [1.29, 1.82) is 0 Å². The molecule has 0 saturated carbocycles. The topological polar surface area (TPSA) is 17.1 Å². The lowest BCUT2D eigenvalue weighted by atomic mass is 9.98. The molecule has 0 fully saturated rings. The molecule has 0 radical (unpaired) electrons. The second-order valence-corrected chi connectivity index (χ2v) is 5.46. The highest BCUT2D eigenvalue weighted by atomic mass is 19.1. The number of halogens is 1. The molecule has 104 valence electrons. The number of rotatable bonds is 4. The summed E-state index contributed by atoms with van der Waals surface area (Å²) in [5.74, 6) is 0.229. The second kappa shape index (κ2) is 6.00. The first-order valence-electron chi connectivity index (χ1n) is 6.85. The fourth-order valence-corrected chi connectivity index (χ4v) is 2.13. The minimum Gasteiger partial charge on any atom is -0.294 e. The second-order valence-electron chi connectivity index (χ2n) is 5.46. The maximum atomic E-state index is 13.2. The molecule has 0 aromatic heterocycles. The van der Waals surface area contributed by atoms with Gasteiger partial charge in [-0.3, -0.25) is 4.79 Å². The van der Waals surface area contributed by atoms with Crippen molar-refractivity contribution in [3.8, 4) is 0 Å². The van der Waals surface area contributed by atoms with Crippen molar-refractivity contribution in [2.24, 2.45) is 0 Å². The van der Waals surface area contributed by atoms with E-state index in [0.717, 1.165) is 5.56 Å². The zero-order valence-electron chi connectivity index (χ0n) is 12.1. The predicted octanol–water partition coefficient (Wildman–Crippen LogP) is 4.68. The van der Waals surface area contributed by atoms with Crippen LogP contribution >= 0.6 is 0 Å². The third kappa shape index (κ3) is 3.32. The lowest BCUT2D eigenvalue weighted by molar-refractivity contribution is 0.0993. The van der Waals surface area contributed by atoms with E-state index in [1.807, 2.05) is 12.1 Å². The maximum absolute atomic E-state index is 13.2. The Labute approximate surface area is 119 Å². The molecule has 0 atom stereocenters. The highest BCUT2D eigenvalue weighted by Crippen LogP contribution is 2.16. The molecule has 0 unspecified atom stereocenters. The SMILES string of the molecule is Cc1cc(C(=O)Cc2ccc(C(C)C)cc2)ccc1F. The lowest BCUT2D eigenvalue weighted by Crippen LogP contribution is -2.04. The van der Waals surface area contributed by atoms with Crippen LogP contribution in [0.2, 0.25) is 0 Å². The molecule has 2 aromatic carbocycles. The first kappa shape index (κ1) is 14.4. The average molecular weight is 270 g/mol. The van der Waals surface area contributed by atoms with E-state index in [1.165, 1.54) is 11.6 Å². The van der Waals surface area contributed by atoms with Gasteiger partial charge < -0.3 is 0 Å². The summed E-state index contributed by atoms with van der Waals surface area (Å²) in [5, 5.41) is 0. The van der Waals surface area contributed by atoms with E-state index in [2.05, 4.69) is 26.0 Å². The number of benzene rings is 2. The van der Waals surface area contributed by atoms with Gasteiger partial charge in [0.2, 0.25) is 0 Å². The molecule has 2 aromatic rings. The number of Topliss-reactive ketones (excluding diaryl/α,β-unsaturated/α-hetero) is 1. The van der Waals surface area contributed by atoms with Crippen molar-refractivity contribution < 1.29 is 9.18 Å². The lowest BCUT2D eigenvalue weighted by Gasteiger charge is -2.07. The van der Waals surface area contributed by atoms with Gasteiger partial charge in [0.15, 0.2) is 5.78 Å². The minimum absolute atomic E-state index is 0.0189. The smallest absolute Gasteiger partial charge is 0.167 e. The van der Waals surface area contributed by atoms with E-state index in [9.17, 15) is 9.18 Å². The van der Waals surface area contributed by atoms with Crippen LogP contribution in [0.4, 0.5) is 4.39 Å². The van der Waals surface area contributed by atoms with Gasteiger partial charge in [-0.25, -0.2) is 4.39 Å². The van der Waals surface area contributed by atoms with Crippen molar-refractivity contribution in [3.05, 3.63) is 70.5 Å². The Morgan fingerprint density at radius 2 is 1.75 bits per heavy atom. The van der Waals surface area contributed by atoms with E-state index in [0.29, 0.717) is 23.5 Å². The normalized spacial score (nSPS) is 10.8. The van der Waals surface area contributed by atoms with E-state index in [1.54, 1.807) is 19.1 Å². The first-order valence-corrected chi connectivity index (χ1v) is 6.85. The number of hydrogen-bond donors (Lipinski definition) is 0. The van der Waals surface area contributed by atoms with Gasteiger partial charge in [-0.15, -0.1) is 0 Å². The molecule has 0 bridgehead atoms. The summed E-state index contributed by atoms with van der Waals surface area (Å²) in [6, 6.07) is 12.6. The van der Waals surface area contributed by atoms with Crippen molar-refractivity contribution in [3.63, 3.8) is 0 Å². The van der Waals surface area contributed by atoms with Crippen LogP contribution in [0.5, 0.6) is 0 Å². The maximum Gasteiger partial charge on any atom is 0.167 e. The Kier molecular flexibility index (Phi) is 4.33. The molecule has 1 nitrogen and oxygen atoms in total. The summed E-state index contributed by atoms with van der Waals surface area (Å²) in [7, 11) is 0. The highest BCUT2D eigenvalue weighted by Gasteiger charge is 2.09. The third-order valence-electron chi connectivity index (χ3n) is 3.49. The van der Waals surface area contributed by atoms with Crippen LogP contribution in [0.15, 0.2) is 42.5 Å². The van der Waals surface area contributed by atoms with Gasteiger partial charge in [0.1, 0.15) is 5.82 Å². The fraction of sp³-hybridized carbons (Fsp3) is 0.278. The Hall–Kier alpha value is -1.96. The molecule has 0 amide bonds. The van der Waals surface area contributed by atoms with Gasteiger partial charge in [0.05, 0.1) is 0 Å². The molecule has 0 aliphatic rings. The molecule has 0 aliphatic heterocycles. The Bertz CT molecular complexity index is 612. The number of ketones is 1. The summed E-state index contributed by atoms with van der Waals surface area (Å²) in [4.78, 5) is 12.2. The predicted molar refractivity (Wildman–Crippen MR) is 79.7 cm³/mol. The van der Waals surface area contributed by atoms with Gasteiger partial charge in [0.25, 0.3) is 0 Å². The molecular weight excluding hydrogens is 251 g/mol. The Morgan fingerprint density at radius 3 is 2.30 bits per heavy atom. The van der Waals surface area contributed by atoms with E-state index in [-0.39, 0.29) is 11.6 Å². The van der Waals surface area contributed by atoms with E-state index in [4.69, 9.17) is 0 Å². The molecule has 2 rings (SSSR count). The quantitative estimate of drug-likeness (QED) is 0.737. The van der Waals surface area contributed by atoms with Crippen LogP contribution in [0.25, 0.3) is 0 Å². The zero-order valence-corrected chi connectivity index (χ0v) is 12.1. The monoisotopic (exact) mass is 270 g/mol. The summed E-state index contributed by atoms with van der Waals surface area (Å²) >= 11 is 0. The Morgan fingerprint density at radius 1 is 1.10 bits per heavy atom. The van der Waals surface area contributed by atoms with Gasteiger partial charge in [0, 0.05) is 12.0 Å². The van der Waals surface area contributed by atoms with Gasteiger partial charge in [-0.1, -0.05) is 38.1 Å². The number of aryl methyl sites for hydroxylation is 1. The standard InChI is InChI=1S/C18H19FO/c1-12(2)15-6-4-14(5-7-15)11-18(20)16-8-9-17(19)13(3)10-16/h4-10,12H,11H2,1-3H3. The van der Waals surface area contributed by atoms with Crippen LogP contribution in [0.1, 0.15) is 46.8 Å². The number of hydrogen-bond acceptors (Lipinski definition) is 1. The van der Waals surface area contributed by atoms with Crippen molar-refractivity contribution >= 4 is 5.78 Å². The van der Waals surface area contributed by atoms with Crippen LogP contribution in [-0.4, -0.2) is 5.78 Å². The summed E-state index contributed by atoms with van der Waals surface area (Å²) in [5.41, 5.74) is 3.32. The van der Waals surface area contributed by atoms with Crippen molar-refractivity contribution in [1.82, 2.24) is 0 Å². The van der Waals surface area contributed by atoms with Crippen LogP contribution in [0, 0.1) is 12.7 Å². The number of carbonyl (C=O) groups is 1. The third-order valence-corrected chi connectivity index (χ3v) is 3.49. The van der Waals surface area contributed by atoms with Crippen molar-refractivity contribution in [2.75, 3.05) is 0 Å². The van der Waals surface area contributed by atoms with Gasteiger partial charge >= 0.3 is 0 Å². The molecule has 0 heterocycles. The summed E-state index contributed by atoms with van der Waals surface area (Å²) in [6.45, 7) is 5.95. The summed E-state index contributed by atoms with van der Waals surface area (Å²) < 4.78 is 13.2. The molecule has 0 spiro atoms. The van der Waals surface area contributed by atoms with Crippen LogP contribution < -0.4 is 0 Å². The fourth-order valence-electron chi connectivity index (χ4n) is 2.13. The molecule has 2 heteroatoms. The molecule has 0 N–H and O–H groups in total. The largest absolute Gasteiger partial charge is 0.294 e. The molecule has 0 aliphatic carbocycles. The molecule has 0 saturated heterocycles. The number of carbonyl (C=O) groups excluding carboxylic acids is 1. The van der Waals surface area contributed by atoms with Crippen molar-refractivity contribution in [2.45, 2.75) is 33.1 Å². The van der Waals surface area contributed by atoms with Gasteiger partial charge in [-0.2, -0.15) is 0 Å². The van der Waals surface area contributed by atoms with E-state index < -0.39 is 0 Å². The average Bonchev–Trinajstić information content (AvgIpc) is 2.42. The van der Waals surface area contributed by atoms with Crippen LogP contribution in [0.3, 0.4) is 0 Å². The van der Waals surface area contributed by atoms with Crippen LogP contribution in [-0.2, 0) is 6.42 Å². The zero-order chi connectivity index (χ0) is 14.7. The van der Waals surface area contributed by atoms with E-state index >= 15 is 0 Å². The molecular formula is C18H19FO. The molecule has 20 heavy (non-hydrogen) atoms. The Balaban J connectivity index is 2.12. The highest BCUT2D eigenvalue weighted by molar-refractivity contribution is 5.97. The van der Waals surface area contributed by atoms with Gasteiger partial charge in [-0.05, 0) is 47.7 Å². The minimum atomic E-state index is -0.275.